The van der Waals surface area contributed by atoms with Crippen LogP contribution in [0.4, 0.5) is 0 Å². The van der Waals surface area contributed by atoms with Crippen LogP contribution in [0.2, 0.25) is 10.0 Å². The van der Waals surface area contributed by atoms with E-state index in [4.69, 9.17) is 23.2 Å². The second-order valence-electron chi connectivity index (χ2n) is 3.08. The van der Waals surface area contributed by atoms with Crippen LogP contribution in [-0.2, 0) is 6.54 Å². The molecule has 0 aliphatic rings. The molecule has 1 aromatic rings. The molecule has 1 nitrogen and oxygen atoms in total. The van der Waals surface area contributed by atoms with Crippen LogP contribution < -0.4 is 0 Å². The second-order valence-corrected chi connectivity index (χ2v) is 3.89. The van der Waals surface area contributed by atoms with Crippen LogP contribution in [0.15, 0.2) is 18.2 Å². The summed E-state index contributed by atoms with van der Waals surface area (Å²) < 4.78 is 0. The summed E-state index contributed by atoms with van der Waals surface area (Å²) in [5.41, 5.74) is 1.19. The maximum Gasteiger partial charge on any atom is 0.0595 e. The molecule has 0 amide bonds. The summed E-state index contributed by atoms with van der Waals surface area (Å²) in [7, 11) is 2.07. The predicted molar refractivity (Wildman–Crippen MR) is 58.5 cm³/mol. The maximum atomic E-state index is 5.89. The minimum absolute atomic E-state index is 0.615. The van der Waals surface area contributed by atoms with Crippen LogP contribution in [0.5, 0.6) is 0 Å². The molecule has 0 unspecified atom stereocenters. The van der Waals surface area contributed by atoms with Gasteiger partial charge in [-0.25, -0.2) is 0 Å². The first-order chi connectivity index (χ1) is 6.13. The highest BCUT2D eigenvalue weighted by Gasteiger charge is 2.01. The van der Waals surface area contributed by atoms with E-state index in [1.165, 1.54) is 5.56 Å². The molecule has 0 atom stereocenters. The molecule has 1 aromatic carbocycles. The van der Waals surface area contributed by atoms with Gasteiger partial charge in [-0.05, 0) is 31.3 Å². The molecule has 13 heavy (non-hydrogen) atoms. The minimum atomic E-state index is 0.615. The zero-order valence-electron chi connectivity index (χ0n) is 7.85. The molecular weight excluding hydrogens is 205 g/mol. The second kappa shape index (κ2) is 4.85. The van der Waals surface area contributed by atoms with Crippen molar-refractivity contribution in [2.24, 2.45) is 0 Å². The lowest BCUT2D eigenvalue weighted by Gasteiger charge is -2.13. The highest BCUT2D eigenvalue weighted by atomic mass is 35.5. The van der Waals surface area contributed by atoms with E-state index in [1.54, 1.807) is 0 Å². The van der Waals surface area contributed by atoms with E-state index in [0.717, 1.165) is 13.1 Å². The van der Waals surface area contributed by atoms with Crippen molar-refractivity contribution in [1.29, 1.82) is 0 Å². The number of halogens is 2. The van der Waals surface area contributed by atoms with Gasteiger partial charge in [0.05, 0.1) is 10.0 Å². The highest BCUT2D eigenvalue weighted by molar-refractivity contribution is 6.41. The molecule has 0 aliphatic carbocycles. The van der Waals surface area contributed by atoms with Gasteiger partial charge < -0.3 is 4.90 Å². The van der Waals surface area contributed by atoms with Gasteiger partial charge in [0.25, 0.3) is 0 Å². The van der Waals surface area contributed by atoms with Gasteiger partial charge in [-0.2, -0.15) is 0 Å². The van der Waals surface area contributed by atoms with E-state index in [1.807, 2.05) is 18.2 Å². The first-order valence-electron chi connectivity index (χ1n) is 4.26. The number of hydrogen-bond acceptors (Lipinski definition) is 1. The molecule has 0 aromatic heterocycles. The van der Waals surface area contributed by atoms with Crippen LogP contribution in [-0.4, -0.2) is 18.5 Å². The van der Waals surface area contributed by atoms with E-state index in [-0.39, 0.29) is 0 Å². The first-order valence-corrected chi connectivity index (χ1v) is 5.01. The van der Waals surface area contributed by atoms with Crippen LogP contribution >= 0.6 is 23.2 Å². The Hall–Kier alpha value is -0.240. The van der Waals surface area contributed by atoms with E-state index in [2.05, 4.69) is 18.9 Å². The predicted octanol–water partition coefficient (Wildman–Crippen LogP) is 3.45. The number of hydrogen-bond donors (Lipinski definition) is 0. The van der Waals surface area contributed by atoms with Gasteiger partial charge in [-0.15, -0.1) is 0 Å². The topological polar surface area (TPSA) is 3.24 Å². The molecule has 0 saturated heterocycles. The van der Waals surface area contributed by atoms with Gasteiger partial charge in [-0.1, -0.05) is 36.2 Å². The Balaban J connectivity index is 2.73. The monoisotopic (exact) mass is 217 g/mol. The minimum Gasteiger partial charge on any atom is -0.302 e. The number of rotatable bonds is 3. The quantitative estimate of drug-likeness (QED) is 0.751. The summed E-state index contributed by atoms with van der Waals surface area (Å²) in [5.74, 6) is 0. The number of benzene rings is 1. The molecule has 0 N–H and O–H groups in total. The van der Waals surface area contributed by atoms with Crippen molar-refractivity contribution in [1.82, 2.24) is 4.90 Å². The maximum absolute atomic E-state index is 5.89. The standard InChI is InChI=1S/C10H13Cl2N/c1-3-13(2)7-8-4-5-9(11)10(12)6-8/h4-6H,3,7H2,1-2H3. The Labute approximate surface area is 89.3 Å². The molecule has 0 spiro atoms. The zero-order chi connectivity index (χ0) is 9.84. The largest absolute Gasteiger partial charge is 0.302 e. The van der Waals surface area contributed by atoms with Crippen molar-refractivity contribution >= 4 is 23.2 Å². The summed E-state index contributed by atoms with van der Waals surface area (Å²) in [6.45, 7) is 4.06. The fourth-order valence-electron chi connectivity index (χ4n) is 1.06. The van der Waals surface area contributed by atoms with Crippen LogP contribution in [0, 0.1) is 0 Å². The molecule has 0 heterocycles. The molecule has 3 heteroatoms. The summed E-state index contributed by atoms with van der Waals surface area (Å²) in [5, 5.41) is 1.24. The number of nitrogens with zero attached hydrogens (tertiary/aromatic N) is 1. The van der Waals surface area contributed by atoms with Crippen LogP contribution in [0.3, 0.4) is 0 Å². The molecule has 0 bridgehead atoms. The fourth-order valence-corrected chi connectivity index (χ4v) is 1.38. The van der Waals surface area contributed by atoms with Crippen molar-refractivity contribution in [3.8, 4) is 0 Å². The lowest BCUT2D eigenvalue weighted by Crippen LogP contribution is -2.16. The molecule has 0 radical (unpaired) electrons. The Morgan fingerprint density at radius 2 is 1.92 bits per heavy atom. The highest BCUT2D eigenvalue weighted by Crippen LogP contribution is 2.22. The molecule has 0 saturated carbocycles. The van der Waals surface area contributed by atoms with Crippen molar-refractivity contribution in [2.45, 2.75) is 13.5 Å². The summed E-state index contributed by atoms with van der Waals surface area (Å²) in [6, 6.07) is 5.75. The Bertz CT molecular complexity index is 286. The summed E-state index contributed by atoms with van der Waals surface area (Å²) >= 11 is 11.7. The average Bonchev–Trinajstić information content (AvgIpc) is 2.11. The lowest BCUT2D eigenvalue weighted by atomic mass is 10.2. The Morgan fingerprint density at radius 1 is 1.23 bits per heavy atom. The van der Waals surface area contributed by atoms with E-state index in [9.17, 15) is 0 Å². The summed E-state index contributed by atoms with van der Waals surface area (Å²) in [4.78, 5) is 2.21. The molecular formula is C10H13Cl2N. The third-order valence-electron chi connectivity index (χ3n) is 1.98. The smallest absolute Gasteiger partial charge is 0.0595 e. The van der Waals surface area contributed by atoms with Gasteiger partial charge in [0.2, 0.25) is 0 Å². The van der Waals surface area contributed by atoms with Crippen molar-refractivity contribution in [2.75, 3.05) is 13.6 Å². The molecule has 0 fully saturated rings. The molecule has 1 rings (SSSR count). The molecule has 0 aliphatic heterocycles. The van der Waals surface area contributed by atoms with E-state index in [0.29, 0.717) is 10.0 Å². The van der Waals surface area contributed by atoms with Crippen molar-refractivity contribution < 1.29 is 0 Å². The van der Waals surface area contributed by atoms with Crippen molar-refractivity contribution in [3.63, 3.8) is 0 Å². The fraction of sp³-hybridized carbons (Fsp3) is 0.400. The van der Waals surface area contributed by atoms with Gasteiger partial charge in [0, 0.05) is 6.54 Å². The normalized spacial score (nSPS) is 10.8. The SMILES string of the molecule is CCN(C)Cc1ccc(Cl)c(Cl)c1. The van der Waals surface area contributed by atoms with Gasteiger partial charge in [-0.3, -0.25) is 0 Å². The third-order valence-corrected chi connectivity index (χ3v) is 2.72. The van der Waals surface area contributed by atoms with E-state index >= 15 is 0 Å². The van der Waals surface area contributed by atoms with Crippen molar-refractivity contribution in [3.05, 3.63) is 33.8 Å². The molecule has 72 valence electrons. The van der Waals surface area contributed by atoms with Crippen LogP contribution in [0.1, 0.15) is 12.5 Å². The van der Waals surface area contributed by atoms with Gasteiger partial charge in [0.1, 0.15) is 0 Å². The van der Waals surface area contributed by atoms with Crippen LogP contribution in [0.25, 0.3) is 0 Å². The van der Waals surface area contributed by atoms with Gasteiger partial charge in [0.15, 0.2) is 0 Å². The third kappa shape index (κ3) is 3.18. The van der Waals surface area contributed by atoms with Gasteiger partial charge >= 0.3 is 0 Å². The average molecular weight is 218 g/mol. The van der Waals surface area contributed by atoms with E-state index < -0.39 is 0 Å². The first kappa shape index (κ1) is 10.8. The Kier molecular flexibility index (Phi) is 4.04. The zero-order valence-corrected chi connectivity index (χ0v) is 9.36. The lowest BCUT2D eigenvalue weighted by molar-refractivity contribution is 0.346. The summed E-state index contributed by atoms with van der Waals surface area (Å²) in [6.07, 6.45) is 0. The Morgan fingerprint density at radius 3 is 2.46 bits per heavy atom.